The predicted molar refractivity (Wildman–Crippen MR) is 54.7 cm³/mol. The molecule has 3 N–H and O–H groups in total. The maximum absolute atomic E-state index is 11.3. The number of carboxylic acids is 1. The Morgan fingerprint density at radius 1 is 1.47 bits per heavy atom. The Balaban J connectivity index is 4.08. The summed E-state index contributed by atoms with van der Waals surface area (Å²) in [6.45, 7) is 5.30. The van der Waals surface area contributed by atoms with E-state index in [0.29, 0.717) is 6.61 Å². The molecule has 0 unspecified atom stereocenters. The van der Waals surface area contributed by atoms with E-state index in [1.165, 1.54) is 14.0 Å². The number of carboxylic acid groups (broad SMARTS) is 1. The molecule has 0 aromatic heterocycles. The molecule has 0 spiro atoms. The van der Waals surface area contributed by atoms with E-state index in [0.717, 1.165) is 0 Å². The topological polar surface area (TPSA) is 87.7 Å². The molecule has 0 fully saturated rings. The third-order valence-corrected chi connectivity index (χ3v) is 1.68. The zero-order valence-corrected chi connectivity index (χ0v) is 9.46. The molecule has 0 aliphatic heterocycles. The third kappa shape index (κ3) is 5.90. The first-order chi connectivity index (χ1) is 6.78. The Kier molecular flexibility index (Phi) is 5.07. The first-order valence-electron chi connectivity index (χ1n) is 4.59. The number of amides is 2. The average molecular weight is 218 g/mol. The van der Waals surface area contributed by atoms with E-state index in [2.05, 4.69) is 10.6 Å². The van der Waals surface area contributed by atoms with Gasteiger partial charge in [0, 0.05) is 7.11 Å². The summed E-state index contributed by atoms with van der Waals surface area (Å²) in [5.41, 5.74) is -0.531. The molecule has 1 atom stereocenters. The summed E-state index contributed by atoms with van der Waals surface area (Å²) in [5, 5.41) is 13.5. The number of urea groups is 1. The van der Waals surface area contributed by atoms with E-state index < -0.39 is 23.6 Å². The lowest BCUT2D eigenvalue weighted by molar-refractivity contribution is -0.138. The highest BCUT2D eigenvalue weighted by atomic mass is 16.5. The third-order valence-electron chi connectivity index (χ3n) is 1.68. The van der Waals surface area contributed by atoms with Gasteiger partial charge in [-0.3, -0.25) is 4.79 Å². The Labute approximate surface area is 89.0 Å². The molecule has 2 amide bonds. The van der Waals surface area contributed by atoms with Gasteiger partial charge in [0.05, 0.1) is 12.1 Å². The van der Waals surface area contributed by atoms with E-state index in [9.17, 15) is 9.59 Å². The van der Waals surface area contributed by atoms with Gasteiger partial charge in [-0.2, -0.15) is 0 Å². The van der Waals surface area contributed by atoms with Gasteiger partial charge in [-0.15, -0.1) is 0 Å². The lowest BCUT2D eigenvalue weighted by Crippen LogP contribution is -2.53. The van der Waals surface area contributed by atoms with Gasteiger partial charge < -0.3 is 20.5 Å². The normalized spacial score (nSPS) is 13.1. The molecule has 0 bridgehead atoms. The summed E-state index contributed by atoms with van der Waals surface area (Å²) in [5.74, 6) is -1.07. The second-order valence-electron chi connectivity index (χ2n) is 3.98. The Hall–Kier alpha value is -1.30. The van der Waals surface area contributed by atoms with Crippen molar-refractivity contribution in [3.63, 3.8) is 0 Å². The van der Waals surface area contributed by atoms with Crippen molar-refractivity contribution >= 4 is 12.0 Å². The summed E-state index contributed by atoms with van der Waals surface area (Å²) in [4.78, 5) is 21.8. The van der Waals surface area contributed by atoms with Crippen LogP contribution in [0.25, 0.3) is 0 Å². The maximum atomic E-state index is 11.3. The van der Waals surface area contributed by atoms with E-state index in [1.807, 2.05) is 0 Å². The molecule has 0 radical (unpaired) electrons. The Bertz CT molecular complexity index is 240. The summed E-state index contributed by atoms with van der Waals surface area (Å²) < 4.78 is 4.90. The summed E-state index contributed by atoms with van der Waals surface area (Å²) in [6.07, 6.45) is 0. The minimum absolute atomic E-state index is 0.349. The van der Waals surface area contributed by atoms with Crippen LogP contribution in [-0.4, -0.2) is 42.4 Å². The molecule has 88 valence electrons. The van der Waals surface area contributed by atoms with Crippen LogP contribution in [0.5, 0.6) is 0 Å². The van der Waals surface area contributed by atoms with Crippen LogP contribution in [0.2, 0.25) is 0 Å². The van der Waals surface area contributed by atoms with E-state index >= 15 is 0 Å². The number of carbonyl (C=O) groups is 2. The number of ether oxygens (including phenoxy) is 1. The van der Waals surface area contributed by atoms with Gasteiger partial charge in [-0.05, 0) is 20.8 Å². The molecule has 0 saturated carbocycles. The lowest BCUT2D eigenvalue weighted by Gasteiger charge is -2.25. The smallest absolute Gasteiger partial charge is 0.325 e. The average Bonchev–Trinajstić information content (AvgIpc) is 2.01. The van der Waals surface area contributed by atoms with Crippen LogP contribution in [0.3, 0.4) is 0 Å². The highest BCUT2D eigenvalue weighted by Crippen LogP contribution is 2.01. The van der Waals surface area contributed by atoms with Gasteiger partial charge in [0.1, 0.15) is 6.04 Å². The molecular weight excluding hydrogens is 200 g/mol. The number of hydrogen-bond acceptors (Lipinski definition) is 3. The molecule has 0 aromatic carbocycles. The quantitative estimate of drug-likeness (QED) is 0.614. The van der Waals surface area contributed by atoms with Crippen LogP contribution in [0, 0.1) is 0 Å². The number of nitrogens with one attached hydrogen (secondary N) is 2. The monoisotopic (exact) mass is 218 g/mol. The molecule has 0 aliphatic carbocycles. The summed E-state index contributed by atoms with van der Waals surface area (Å²) in [7, 11) is 1.53. The molecule has 0 saturated heterocycles. The van der Waals surface area contributed by atoms with Crippen molar-refractivity contribution in [2.75, 3.05) is 13.7 Å². The van der Waals surface area contributed by atoms with Crippen molar-refractivity contribution in [1.82, 2.24) is 10.6 Å². The molecule has 6 heteroatoms. The highest BCUT2D eigenvalue weighted by molar-refractivity contribution is 5.82. The molecule has 6 nitrogen and oxygen atoms in total. The summed E-state index contributed by atoms with van der Waals surface area (Å²) >= 11 is 0. The molecule has 0 aromatic rings. The first-order valence-corrected chi connectivity index (χ1v) is 4.59. The number of carbonyl (C=O) groups excluding carboxylic acids is 1. The van der Waals surface area contributed by atoms with Gasteiger partial charge in [-0.25, -0.2) is 4.79 Å². The summed E-state index contributed by atoms with van der Waals surface area (Å²) in [6, 6.07) is -1.43. The van der Waals surface area contributed by atoms with Crippen LogP contribution in [0.1, 0.15) is 20.8 Å². The van der Waals surface area contributed by atoms with Crippen molar-refractivity contribution < 1.29 is 19.4 Å². The molecular formula is C9H18N2O4. The van der Waals surface area contributed by atoms with E-state index in [4.69, 9.17) is 9.84 Å². The van der Waals surface area contributed by atoms with Crippen LogP contribution in [0.15, 0.2) is 0 Å². The molecule has 0 rings (SSSR count). The first kappa shape index (κ1) is 13.7. The van der Waals surface area contributed by atoms with Gasteiger partial charge in [0.15, 0.2) is 0 Å². The van der Waals surface area contributed by atoms with Gasteiger partial charge in [0.25, 0.3) is 0 Å². The Morgan fingerprint density at radius 3 is 2.40 bits per heavy atom. The van der Waals surface area contributed by atoms with Crippen molar-refractivity contribution in [1.29, 1.82) is 0 Å². The number of methoxy groups -OCH3 is 1. The number of hydrogen-bond donors (Lipinski definition) is 3. The minimum atomic E-state index is -1.07. The van der Waals surface area contributed by atoms with E-state index in [-0.39, 0.29) is 0 Å². The molecule has 0 heterocycles. The fourth-order valence-electron chi connectivity index (χ4n) is 0.999. The largest absolute Gasteiger partial charge is 0.480 e. The van der Waals surface area contributed by atoms with Gasteiger partial charge in [-0.1, -0.05) is 0 Å². The highest BCUT2D eigenvalue weighted by Gasteiger charge is 2.22. The zero-order chi connectivity index (χ0) is 12.1. The van der Waals surface area contributed by atoms with Crippen LogP contribution in [0.4, 0.5) is 4.79 Å². The minimum Gasteiger partial charge on any atom is -0.480 e. The maximum Gasteiger partial charge on any atom is 0.325 e. The van der Waals surface area contributed by atoms with Crippen LogP contribution < -0.4 is 10.6 Å². The standard InChI is InChI=1S/C9H18N2O4/c1-6(7(12)13)10-8(14)11-9(2,3)5-15-4/h6H,5H2,1-4H3,(H,12,13)(H2,10,11,14)/t6-/m1/s1. The number of rotatable bonds is 5. The molecule has 15 heavy (non-hydrogen) atoms. The predicted octanol–water partition coefficient (Wildman–Crippen LogP) is 0.184. The molecule has 0 aliphatic rings. The lowest BCUT2D eigenvalue weighted by atomic mass is 10.1. The van der Waals surface area contributed by atoms with Crippen molar-refractivity contribution in [2.45, 2.75) is 32.4 Å². The van der Waals surface area contributed by atoms with Crippen molar-refractivity contribution in [2.24, 2.45) is 0 Å². The second-order valence-corrected chi connectivity index (χ2v) is 3.98. The van der Waals surface area contributed by atoms with Gasteiger partial charge >= 0.3 is 12.0 Å². The van der Waals surface area contributed by atoms with Crippen molar-refractivity contribution in [3.8, 4) is 0 Å². The van der Waals surface area contributed by atoms with Gasteiger partial charge in [0.2, 0.25) is 0 Å². The fourth-order valence-corrected chi connectivity index (χ4v) is 0.999. The zero-order valence-electron chi connectivity index (χ0n) is 9.46. The second kappa shape index (κ2) is 5.55. The van der Waals surface area contributed by atoms with Crippen LogP contribution >= 0.6 is 0 Å². The van der Waals surface area contributed by atoms with E-state index in [1.54, 1.807) is 13.8 Å². The van der Waals surface area contributed by atoms with Crippen molar-refractivity contribution in [3.05, 3.63) is 0 Å². The SMILES string of the molecule is COCC(C)(C)NC(=O)N[C@H](C)C(=O)O. The Morgan fingerprint density at radius 2 is 2.00 bits per heavy atom. The fraction of sp³-hybridized carbons (Fsp3) is 0.778. The number of aliphatic carboxylic acids is 1. The van der Waals surface area contributed by atoms with Crippen LogP contribution in [-0.2, 0) is 9.53 Å².